The van der Waals surface area contributed by atoms with E-state index in [9.17, 15) is 4.79 Å². The van der Waals surface area contributed by atoms with Crippen LogP contribution in [-0.2, 0) is 9.53 Å². The Morgan fingerprint density at radius 2 is 2.25 bits per heavy atom. The highest BCUT2D eigenvalue weighted by Gasteiger charge is 2.29. The first-order valence-corrected chi connectivity index (χ1v) is 5.74. The summed E-state index contributed by atoms with van der Waals surface area (Å²) in [7, 11) is 0. The second-order valence-corrected chi connectivity index (χ2v) is 4.76. The molecule has 2 aliphatic rings. The molecule has 2 rings (SSSR count). The van der Waals surface area contributed by atoms with Gasteiger partial charge in [0.1, 0.15) is 11.5 Å². The van der Waals surface area contributed by atoms with Gasteiger partial charge >= 0.3 is 5.97 Å². The maximum absolute atomic E-state index is 10.9. The molecule has 0 radical (unpaired) electrons. The molecular formula is C12H17NO3. The quantitative estimate of drug-likeness (QED) is 0.793. The normalized spacial score (nSPS) is 25.1. The fourth-order valence-electron chi connectivity index (χ4n) is 1.66. The van der Waals surface area contributed by atoms with Crippen molar-refractivity contribution >= 4 is 11.7 Å². The van der Waals surface area contributed by atoms with Gasteiger partial charge in [0.25, 0.3) is 0 Å². The Kier molecular flexibility index (Phi) is 2.99. The van der Waals surface area contributed by atoms with Gasteiger partial charge in [-0.25, -0.2) is 4.79 Å². The maximum atomic E-state index is 10.9. The number of hydrogen-bond acceptors (Lipinski definition) is 3. The van der Waals surface area contributed by atoms with Gasteiger partial charge < -0.3 is 9.84 Å². The van der Waals surface area contributed by atoms with Gasteiger partial charge in [-0.05, 0) is 18.8 Å². The highest BCUT2D eigenvalue weighted by Crippen LogP contribution is 2.30. The summed E-state index contributed by atoms with van der Waals surface area (Å²) in [5.41, 5.74) is 0.126. The van der Waals surface area contributed by atoms with Crippen molar-refractivity contribution in [2.24, 2.45) is 10.9 Å². The molecule has 1 aliphatic carbocycles. The third kappa shape index (κ3) is 2.62. The van der Waals surface area contributed by atoms with Gasteiger partial charge in [0.05, 0.1) is 12.1 Å². The molecule has 1 aliphatic heterocycles. The Hall–Kier alpha value is -1.32. The molecule has 0 aromatic rings. The Morgan fingerprint density at radius 1 is 1.56 bits per heavy atom. The van der Waals surface area contributed by atoms with Crippen LogP contribution in [0.5, 0.6) is 0 Å². The van der Waals surface area contributed by atoms with Crippen LogP contribution in [0, 0.1) is 5.92 Å². The Labute approximate surface area is 95.0 Å². The van der Waals surface area contributed by atoms with Gasteiger partial charge in [0.15, 0.2) is 0 Å². The fourth-order valence-corrected chi connectivity index (χ4v) is 1.66. The molecule has 1 N–H and O–H groups in total. The number of rotatable bonds is 4. The van der Waals surface area contributed by atoms with Crippen LogP contribution in [0.4, 0.5) is 0 Å². The maximum Gasteiger partial charge on any atom is 0.354 e. The van der Waals surface area contributed by atoms with Crippen LogP contribution < -0.4 is 0 Å². The smallest absolute Gasteiger partial charge is 0.354 e. The highest BCUT2D eigenvalue weighted by atomic mass is 16.5. The molecule has 1 fully saturated rings. The summed E-state index contributed by atoms with van der Waals surface area (Å²) in [6.45, 7) is 4.10. The van der Waals surface area contributed by atoms with E-state index in [0.717, 1.165) is 25.0 Å². The van der Waals surface area contributed by atoms with Crippen LogP contribution in [-0.4, -0.2) is 28.9 Å². The summed E-state index contributed by atoms with van der Waals surface area (Å²) in [6.07, 6.45) is 4.78. The largest absolute Gasteiger partial charge is 0.495 e. The molecule has 0 aromatic heterocycles. The molecule has 0 aromatic carbocycles. The van der Waals surface area contributed by atoms with Crippen LogP contribution in [0.15, 0.2) is 16.8 Å². The highest BCUT2D eigenvalue weighted by molar-refractivity contribution is 6.40. The molecule has 16 heavy (non-hydrogen) atoms. The van der Waals surface area contributed by atoms with Crippen molar-refractivity contribution in [1.29, 1.82) is 0 Å². The third-order valence-corrected chi connectivity index (χ3v) is 2.84. The molecule has 1 atom stereocenters. The molecule has 1 unspecified atom stereocenters. The van der Waals surface area contributed by atoms with E-state index < -0.39 is 5.97 Å². The van der Waals surface area contributed by atoms with E-state index in [1.807, 2.05) is 13.8 Å². The average molecular weight is 223 g/mol. The summed E-state index contributed by atoms with van der Waals surface area (Å²) >= 11 is 0. The Morgan fingerprint density at radius 3 is 2.75 bits per heavy atom. The van der Waals surface area contributed by atoms with Crippen LogP contribution in [0.3, 0.4) is 0 Å². The molecular weight excluding hydrogens is 206 g/mol. The summed E-state index contributed by atoms with van der Waals surface area (Å²) in [5.74, 6) is 0.150. The van der Waals surface area contributed by atoms with Crippen molar-refractivity contribution in [2.75, 3.05) is 0 Å². The van der Waals surface area contributed by atoms with E-state index in [0.29, 0.717) is 12.0 Å². The molecule has 0 bridgehead atoms. The van der Waals surface area contributed by atoms with Gasteiger partial charge in [0, 0.05) is 12.5 Å². The van der Waals surface area contributed by atoms with Crippen molar-refractivity contribution in [2.45, 2.75) is 45.3 Å². The minimum Gasteiger partial charge on any atom is -0.495 e. The van der Waals surface area contributed by atoms with Crippen LogP contribution in [0.1, 0.15) is 33.1 Å². The molecule has 1 saturated carbocycles. The van der Waals surface area contributed by atoms with Crippen molar-refractivity contribution in [3.63, 3.8) is 0 Å². The number of nitrogens with zero attached hydrogens (tertiary/aromatic N) is 1. The predicted molar refractivity (Wildman–Crippen MR) is 60.5 cm³/mol. The third-order valence-electron chi connectivity index (χ3n) is 2.84. The number of carboxylic acid groups (broad SMARTS) is 1. The number of dihydropyridines is 1. The monoisotopic (exact) mass is 223 g/mol. The molecule has 0 spiro atoms. The number of aliphatic imine (C=N–C) groups is 1. The molecule has 1 heterocycles. The number of aliphatic carboxylic acids is 1. The lowest BCUT2D eigenvalue weighted by atomic mass is 9.97. The summed E-state index contributed by atoms with van der Waals surface area (Å²) in [6, 6.07) is 0.0323. The zero-order valence-corrected chi connectivity index (χ0v) is 9.64. The average Bonchev–Trinajstić information content (AvgIpc) is 3.01. The summed E-state index contributed by atoms with van der Waals surface area (Å²) < 4.78 is 5.68. The van der Waals surface area contributed by atoms with Gasteiger partial charge in [-0.3, -0.25) is 4.99 Å². The van der Waals surface area contributed by atoms with E-state index in [-0.39, 0.29) is 11.8 Å². The number of ether oxygens (including phenoxy) is 1. The van der Waals surface area contributed by atoms with Gasteiger partial charge in [0.2, 0.25) is 0 Å². The number of carbonyl (C=O) groups is 1. The van der Waals surface area contributed by atoms with Gasteiger partial charge in [-0.2, -0.15) is 0 Å². The standard InChI is InChI=1S/C12H17NO3/c1-7(2)10-5-9(16-8-3-4-8)6-11(13-10)12(14)15/h6-8,10H,3-5H2,1-2H3,(H,14,15). The van der Waals surface area contributed by atoms with E-state index in [2.05, 4.69) is 4.99 Å². The minimum atomic E-state index is -0.970. The van der Waals surface area contributed by atoms with E-state index in [1.165, 1.54) is 0 Å². The van der Waals surface area contributed by atoms with Crippen LogP contribution >= 0.6 is 0 Å². The summed E-state index contributed by atoms with van der Waals surface area (Å²) in [4.78, 5) is 15.2. The van der Waals surface area contributed by atoms with Crippen molar-refractivity contribution in [1.82, 2.24) is 0 Å². The zero-order chi connectivity index (χ0) is 11.7. The van der Waals surface area contributed by atoms with E-state index in [4.69, 9.17) is 9.84 Å². The minimum absolute atomic E-state index is 0.0323. The SMILES string of the molecule is CC(C)C1CC(OC2CC2)=CC(C(=O)O)=N1. The lowest BCUT2D eigenvalue weighted by Gasteiger charge is -2.23. The molecule has 0 saturated heterocycles. The van der Waals surface area contributed by atoms with Gasteiger partial charge in [-0.15, -0.1) is 0 Å². The first kappa shape index (κ1) is 11.2. The first-order chi connectivity index (χ1) is 7.56. The van der Waals surface area contributed by atoms with E-state index >= 15 is 0 Å². The number of hydrogen-bond donors (Lipinski definition) is 1. The van der Waals surface area contributed by atoms with Crippen molar-refractivity contribution < 1.29 is 14.6 Å². The molecule has 0 amide bonds. The Balaban J connectivity index is 2.12. The lowest BCUT2D eigenvalue weighted by Crippen LogP contribution is -2.25. The lowest BCUT2D eigenvalue weighted by molar-refractivity contribution is -0.129. The number of carboxylic acids is 1. The van der Waals surface area contributed by atoms with Crippen LogP contribution in [0.2, 0.25) is 0 Å². The predicted octanol–water partition coefficient (Wildman–Crippen LogP) is 2.00. The summed E-state index contributed by atoms with van der Waals surface area (Å²) in [5, 5.41) is 8.97. The van der Waals surface area contributed by atoms with E-state index in [1.54, 1.807) is 6.08 Å². The van der Waals surface area contributed by atoms with Gasteiger partial charge in [-0.1, -0.05) is 13.8 Å². The molecule has 88 valence electrons. The second-order valence-electron chi connectivity index (χ2n) is 4.76. The van der Waals surface area contributed by atoms with Crippen molar-refractivity contribution in [3.05, 3.63) is 11.8 Å². The fraction of sp³-hybridized carbons (Fsp3) is 0.667. The topological polar surface area (TPSA) is 58.9 Å². The van der Waals surface area contributed by atoms with Crippen LogP contribution in [0.25, 0.3) is 0 Å². The molecule has 4 nitrogen and oxygen atoms in total. The first-order valence-electron chi connectivity index (χ1n) is 5.74. The molecule has 4 heteroatoms. The zero-order valence-electron chi connectivity index (χ0n) is 9.64. The van der Waals surface area contributed by atoms with Crippen molar-refractivity contribution in [3.8, 4) is 0 Å². The Bertz CT molecular complexity index is 353. The second kappa shape index (κ2) is 4.28.